The average molecular weight is 936 g/mol. The highest BCUT2D eigenvalue weighted by Crippen LogP contribution is 2.43. The monoisotopic (exact) mass is 935 g/mol. The summed E-state index contributed by atoms with van der Waals surface area (Å²) in [5.41, 5.74) is 0. The van der Waals surface area contributed by atoms with Gasteiger partial charge in [-0.25, -0.2) is 0 Å². The van der Waals surface area contributed by atoms with Crippen molar-refractivity contribution < 1.29 is 0 Å². The Hall–Kier alpha value is 0.620. The third kappa shape index (κ3) is 40.9. The van der Waals surface area contributed by atoms with Gasteiger partial charge in [-0.3, -0.25) is 0 Å². The van der Waals surface area contributed by atoms with E-state index in [1.165, 1.54) is 306 Å². The maximum atomic E-state index is 2.64. The van der Waals surface area contributed by atoms with E-state index in [0.29, 0.717) is 0 Å². The van der Waals surface area contributed by atoms with E-state index in [9.17, 15) is 0 Å². The SMILES string of the molecule is CCCCCCCCCCCCCSc1cc(SCCCCCCCCCCCCC)c(SCCCCCCCCCCCCC)c(SCCCCCCCCCCCCC)c1. The Morgan fingerprint density at radius 2 is 0.419 bits per heavy atom. The lowest BCUT2D eigenvalue weighted by Crippen LogP contribution is -1.93. The van der Waals surface area contributed by atoms with Crippen molar-refractivity contribution >= 4 is 47.0 Å². The molecule has 0 unspecified atom stereocenters. The summed E-state index contributed by atoms with van der Waals surface area (Å²) < 4.78 is 0. The van der Waals surface area contributed by atoms with Gasteiger partial charge in [0.25, 0.3) is 0 Å². The van der Waals surface area contributed by atoms with Gasteiger partial charge in [-0.15, -0.1) is 47.0 Å². The van der Waals surface area contributed by atoms with Crippen molar-refractivity contribution in [2.24, 2.45) is 0 Å². The van der Waals surface area contributed by atoms with Crippen LogP contribution >= 0.6 is 47.0 Å². The van der Waals surface area contributed by atoms with E-state index >= 15 is 0 Å². The van der Waals surface area contributed by atoms with Crippen molar-refractivity contribution in [3.05, 3.63) is 12.1 Å². The summed E-state index contributed by atoms with van der Waals surface area (Å²) in [6, 6.07) is 5.28. The van der Waals surface area contributed by atoms with Gasteiger partial charge in [0.15, 0.2) is 0 Å². The molecule has 0 saturated heterocycles. The molecule has 0 N–H and O–H groups in total. The van der Waals surface area contributed by atoms with Crippen molar-refractivity contribution in [3.63, 3.8) is 0 Å². The van der Waals surface area contributed by atoms with Crippen LogP contribution in [0.1, 0.15) is 310 Å². The van der Waals surface area contributed by atoms with Gasteiger partial charge in [0.2, 0.25) is 0 Å². The molecule has 0 heterocycles. The molecular formula is C58H110S4. The normalized spacial score (nSPS) is 11.7. The molecule has 0 bridgehead atoms. The van der Waals surface area contributed by atoms with Gasteiger partial charge >= 0.3 is 0 Å². The first-order valence-corrected chi connectivity index (χ1v) is 32.4. The molecule has 0 radical (unpaired) electrons. The minimum Gasteiger partial charge on any atom is -0.126 e. The van der Waals surface area contributed by atoms with Crippen LogP contribution in [0.15, 0.2) is 31.7 Å². The molecule has 0 atom stereocenters. The fraction of sp³-hybridized carbons (Fsp3) is 0.897. The van der Waals surface area contributed by atoms with Gasteiger partial charge in [-0.2, -0.15) is 0 Å². The highest BCUT2D eigenvalue weighted by molar-refractivity contribution is 8.04. The lowest BCUT2D eigenvalue weighted by Gasteiger charge is -2.17. The molecule has 0 aromatic heterocycles. The van der Waals surface area contributed by atoms with Gasteiger partial charge in [0, 0.05) is 19.6 Å². The number of hydrogen-bond acceptors (Lipinski definition) is 4. The van der Waals surface area contributed by atoms with Gasteiger partial charge < -0.3 is 0 Å². The third-order valence-corrected chi connectivity index (χ3v) is 17.8. The minimum absolute atomic E-state index is 1.29. The van der Waals surface area contributed by atoms with Crippen molar-refractivity contribution in [2.45, 2.75) is 330 Å². The maximum absolute atomic E-state index is 2.64. The molecule has 0 fully saturated rings. The zero-order chi connectivity index (χ0) is 44.5. The topological polar surface area (TPSA) is 0 Å². The number of unbranched alkanes of at least 4 members (excludes halogenated alkanes) is 40. The molecule has 4 heteroatoms. The van der Waals surface area contributed by atoms with E-state index in [2.05, 4.69) is 86.9 Å². The third-order valence-electron chi connectivity index (χ3n) is 13.0. The summed E-state index contributed by atoms with van der Waals surface area (Å²) in [4.78, 5) is 6.45. The van der Waals surface area contributed by atoms with Crippen LogP contribution in [0.5, 0.6) is 0 Å². The second-order valence-electron chi connectivity index (χ2n) is 19.3. The Kier molecular flexibility index (Phi) is 49.9. The fourth-order valence-electron chi connectivity index (χ4n) is 8.79. The summed E-state index contributed by atoms with van der Waals surface area (Å²) in [5.74, 6) is 5.16. The van der Waals surface area contributed by atoms with Gasteiger partial charge in [0.1, 0.15) is 0 Å². The maximum Gasteiger partial charge on any atom is 0.0345 e. The molecule has 0 amide bonds. The van der Waals surface area contributed by atoms with Gasteiger partial charge in [-0.1, -0.05) is 285 Å². The number of rotatable bonds is 52. The highest BCUT2D eigenvalue weighted by Gasteiger charge is 2.14. The van der Waals surface area contributed by atoms with E-state index < -0.39 is 0 Å². The zero-order valence-electron chi connectivity index (χ0n) is 42.7. The Morgan fingerprint density at radius 1 is 0.226 bits per heavy atom. The molecule has 1 rings (SSSR count). The average Bonchev–Trinajstić information content (AvgIpc) is 3.28. The largest absolute Gasteiger partial charge is 0.126 e. The van der Waals surface area contributed by atoms with Crippen LogP contribution in [0.25, 0.3) is 0 Å². The van der Waals surface area contributed by atoms with Gasteiger partial charge in [-0.05, 0) is 60.8 Å². The van der Waals surface area contributed by atoms with Crippen LogP contribution in [0.2, 0.25) is 0 Å². The Morgan fingerprint density at radius 3 is 0.661 bits per heavy atom. The predicted molar refractivity (Wildman–Crippen MR) is 295 cm³/mol. The molecule has 0 aliphatic heterocycles. The second-order valence-corrected chi connectivity index (χ2v) is 23.8. The van der Waals surface area contributed by atoms with Crippen LogP contribution in [-0.2, 0) is 0 Å². The molecule has 0 nitrogen and oxygen atoms in total. The zero-order valence-corrected chi connectivity index (χ0v) is 46.0. The number of thioether (sulfide) groups is 4. The lowest BCUT2D eigenvalue weighted by atomic mass is 10.1. The number of hydrogen-bond donors (Lipinski definition) is 0. The molecule has 62 heavy (non-hydrogen) atoms. The van der Waals surface area contributed by atoms with E-state index in [0.717, 1.165) is 0 Å². The van der Waals surface area contributed by atoms with Crippen LogP contribution in [0, 0.1) is 0 Å². The molecule has 0 spiro atoms. The summed E-state index contributed by atoms with van der Waals surface area (Å²) in [7, 11) is 0. The quantitative estimate of drug-likeness (QED) is 0.0471. The van der Waals surface area contributed by atoms with Crippen molar-refractivity contribution in [2.75, 3.05) is 23.0 Å². The predicted octanol–water partition coefficient (Wildman–Crippen LogP) is 23.3. The molecule has 366 valence electrons. The summed E-state index contributed by atoms with van der Waals surface area (Å²) in [6.07, 6.45) is 63.0. The summed E-state index contributed by atoms with van der Waals surface area (Å²) in [5, 5.41) is 0. The van der Waals surface area contributed by atoms with Crippen LogP contribution in [0.4, 0.5) is 0 Å². The van der Waals surface area contributed by atoms with Crippen LogP contribution < -0.4 is 0 Å². The molecule has 1 aromatic rings. The van der Waals surface area contributed by atoms with E-state index in [1.54, 1.807) is 19.6 Å². The van der Waals surface area contributed by atoms with E-state index in [4.69, 9.17) is 0 Å². The lowest BCUT2D eigenvalue weighted by molar-refractivity contribution is 0.555. The van der Waals surface area contributed by atoms with Crippen molar-refractivity contribution in [3.8, 4) is 0 Å². The molecule has 0 aliphatic rings. The minimum atomic E-state index is 1.29. The van der Waals surface area contributed by atoms with Crippen molar-refractivity contribution in [1.82, 2.24) is 0 Å². The van der Waals surface area contributed by atoms with Gasteiger partial charge in [0.05, 0.1) is 0 Å². The summed E-state index contributed by atoms with van der Waals surface area (Å²) >= 11 is 8.82. The highest BCUT2D eigenvalue weighted by atomic mass is 32.2. The molecule has 1 aromatic carbocycles. The smallest absolute Gasteiger partial charge is 0.0345 e. The number of benzene rings is 1. The first-order valence-electron chi connectivity index (χ1n) is 28.5. The Bertz CT molecular complexity index is 960. The standard InChI is InChI=1S/C58H110S4/c1-5-9-13-17-21-25-29-33-37-41-45-49-59-55-53-56(60-50-46-42-38-34-30-26-22-18-14-10-6-2)58(62-52-48-44-40-36-32-28-24-20-16-12-8-4)57(54-55)61-51-47-43-39-35-31-27-23-19-15-11-7-3/h53-54H,5-52H2,1-4H3. The van der Waals surface area contributed by atoms with Crippen LogP contribution in [0.3, 0.4) is 0 Å². The molecule has 0 saturated carbocycles. The fourth-order valence-corrected chi connectivity index (χ4v) is 13.7. The Balaban J connectivity index is 2.77. The van der Waals surface area contributed by atoms with E-state index in [-0.39, 0.29) is 0 Å². The molecular weight excluding hydrogens is 825 g/mol. The van der Waals surface area contributed by atoms with E-state index in [1.807, 2.05) is 0 Å². The molecule has 0 aliphatic carbocycles. The van der Waals surface area contributed by atoms with Crippen LogP contribution in [-0.4, -0.2) is 23.0 Å². The first-order chi connectivity index (χ1) is 30.8. The summed E-state index contributed by atoms with van der Waals surface area (Å²) in [6.45, 7) is 9.30. The van der Waals surface area contributed by atoms with Crippen molar-refractivity contribution in [1.29, 1.82) is 0 Å². The Labute approximate surface area is 409 Å². The second kappa shape index (κ2) is 51.0. The first kappa shape index (κ1) is 60.6.